The zero-order chi connectivity index (χ0) is 17.3. The quantitative estimate of drug-likeness (QED) is 0.920. The maximum atomic E-state index is 12.6. The molecular weight excluding hydrogens is 302 g/mol. The van der Waals surface area contributed by atoms with Crippen LogP contribution < -0.4 is 0 Å². The van der Waals surface area contributed by atoms with Crippen LogP contribution in [0.1, 0.15) is 50.9 Å². The van der Waals surface area contributed by atoms with E-state index in [1.807, 2.05) is 38.7 Å². The maximum Gasteiger partial charge on any atom is 0.227 e. The number of aromatic nitrogens is 4. The van der Waals surface area contributed by atoms with E-state index in [0.29, 0.717) is 6.54 Å². The van der Waals surface area contributed by atoms with Crippen LogP contribution in [0, 0.1) is 12.3 Å². The van der Waals surface area contributed by atoms with Crippen LogP contribution in [-0.2, 0) is 4.79 Å². The van der Waals surface area contributed by atoms with E-state index in [4.69, 9.17) is 0 Å². The van der Waals surface area contributed by atoms with E-state index < -0.39 is 0 Å². The maximum absolute atomic E-state index is 12.6. The molecule has 1 aliphatic rings. The van der Waals surface area contributed by atoms with Crippen molar-refractivity contribution in [2.75, 3.05) is 13.1 Å². The zero-order valence-electron chi connectivity index (χ0n) is 14.8. The Morgan fingerprint density at radius 3 is 2.71 bits per heavy atom. The number of piperidine rings is 1. The summed E-state index contributed by atoms with van der Waals surface area (Å²) >= 11 is 0. The second kappa shape index (κ2) is 6.34. The SMILES string of the molecule is Cc1cc(-c2nccnc2[C@@H]2CCCN(C(=O)C(C)(C)C)C2)n[nH]1. The van der Waals surface area contributed by atoms with Crippen LogP contribution in [-0.4, -0.2) is 44.1 Å². The first kappa shape index (κ1) is 16.6. The van der Waals surface area contributed by atoms with Gasteiger partial charge in [-0.15, -0.1) is 0 Å². The molecular formula is C18H25N5O. The summed E-state index contributed by atoms with van der Waals surface area (Å²) in [6.07, 6.45) is 5.43. The summed E-state index contributed by atoms with van der Waals surface area (Å²) in [5.41, 5.74) is 3.21. The molecule has 1 fully saturated rings. The summed E-state index contributed by atoms with van der Waals surface area (Å²) in [5, 5.41) is 7.29. The van der Waals surface area contributed by atoms with Gasteiger partial charge in [-0.05, 0) is 25.8 Å². The fourth-order valence-corrected chi connectivity index (χ4v) is 3.24. The minimum Gasteiger partial charge on any atom is -0.342 e. The van der Waals surface area contributed by atoms with Crippen LogP contribution in [0.15, 0.2) is 18.5 Å². The topological polar surface area (TPSA) is 74.8 Å². The highest BCUT2D eigenvalue weighted by atomic mass is 16.2. The van der Waals surface area contributed by atoms with Crippen LogP contribution >= 0.6 is 0 Å². The van der Waals surface area contributed by atoms with Crippen LogP contribution in [0.2, 0.25) is 0 Å². The molecule has 0 spiro atoms. The molecule has 3 rings (SSSR count). The number of H-pyrrole nitrogens is 1. The smallest absolute Gasteiger partial charge is 0.227 e. The van der Waals surface area contributed by atoms with Crippen LogP contribution in [0.5, 0.6) is 0 Å². The molecule has 0 bridgehead atoms. The first-order valence-electron chi connectivity index (χ1n) is 8.49. The summed E-state index contributed by atoms with van der Waals surface area (Å²) in [7, 11) is 0. The lowest BCUT2D eigenvalue weighted by Gasteiger charge is -2.36. The molecule has 0 radical (unpaired) electrons. The predicted molar refractivity (Wildman–Crippen MR) is 92.4 cm³/mol. The van der Waals surface area contributed by atoms with Gasteiger partial charge in [-0.1, -0.05) is 20.8 Å². The average Bonchev–Trinajstić information content (AvgIpc) is 3.00. The van der Waals surface area contributed by atoms with E-state index in [1.165, 1.54) is 0 Å². The Morgan fingerprint density at radius 1 is 1.29 bits per heavy atom. The predicted octanol–water partition coefficient (Wildman–Crippen LogP) is 2.93. The summed E-state index contributed by atoms with van der Waals surface area (Å²) in [4.78, 5) is 23.7. The molecule has 0 aromatic carbocycles. The van der Waals surface area contributed by atoms with Crippen molar-refractivity contribution < 1.29 is 4.79 Å². The van der Waals surface area contributed by atoms with Crippen molar-refractivity contribution in [3.8, 4) is 11.4 Å². The summed E-state index contributed by atoms with van der Waals surface area (Å²) in [6.45, 7) is 9.41. The number of likely N-dealkylation sites (tertiary alicyclic amines) is 1. The Hall–Kier alpha value is -2.24. The molecule has 1 N–H and O–H groups in total. The number of aryl methyl sites for hydroxylation is 1. The van der Waals surface area contributed by atoms with Crippen molar-refractivity contribution >= 4 is 5.91 Å². The van der Waals surface area contributed by atoms with Crippen LogP contribution in [0.3, 0.4) is 0 Å². The normalized spacial score (nSPS) is 18.7. The number of aromatic amines is 1. The molecule has 1 atom stereocenters. The van der Waals surface area contributed by atoms with Crippen LogP contribution in [0.4, 0.5) is 0 Å². The van der Waals surface area contributed by atoms with Crippen molar-refractivity contribution in [2.45, 2.75) is 46.5 Å². The number of hydrogen-bond acceptors (Lipinski definition) is 4. The number of hydrogen-bond donors (Lipinski definition) is 1. The molecule has 1 aliphatic heterocycles. The van der Waals surface area contributed by atoms with Crippen molar-refractivity contribution in [1.82, 2.24) is 25.1 Å². The number of carbonyl (C=O) groups excluding carboxylic acids is 1. The Morgan fingerprint density at radius 2 is 2.04 bits per heavy atom. The third-order valence-corrected chi connectivity index (χ3v) is 4.41. The molecule has 6 heteroatoms. The first-order valence-corrected chi connectivity index (χ1v) is 8.49. The van der Waals surface area contributed by atoms with Gasteiger partial charge in [-0.2, -0.15) is 5.10 Å². The molecule has 0 unspecified atom stereocenters. The van der Waals surface area contributed by atoms with Gasteiger partial charge in [0, 0.05) is 42.5 Å². The highest BCUT2D eigenvalue weighted by molar-refractivity contribution is 5.81. The molecule has 24 heavy (non-hydrogen) atoms. The zero-order valence-corrected chi connectivity index (χ0v) is 14.8. The van der Waals surface area contributed by atoms with E-state index in [9.17, 15) is 4.79 Å². The van der Waals surface area contributed by atoms with Gasteiger partial charge in [-0.3, -0.25) is 19.9 Å². The molecule has 3 heterocycles. The fourth-order valence-electron chi connectivity index (χ4n) is 3.24. The first-order chi connectivity index (χ1) is 11.4. The van der Waals surface area contributed by atoms with Gasteiger partial charge >= 0.3 is 0 Å². The van der Waals surface area contributed by atoms with E-state index >= 15 is 0 Å². The molecule has 0 aliphatic carbocycles. The van der Waals surface area contributed by atoms with Crippen molar-refractivity contribution in [1.29, 1.82) is 0 Å². The number of amides is 1. The summed E-state index contributed by atoms with van der Waals surface area (Å²) < 4.78 is 0. The molecule has 128 valence electrons. The molecule has 1 amide bonds. The second-order valence-electron chi connectivity index (χ2n) is 7.57. The number of carbonyl (C=O) groups is 1. The van der Waals surface area contributed by atoms with Gasteiger partial charge in [-0.25, -0.2) is 0 Å². The van der Waals surface area contributed by atoms with E-state index in [0.717, 1.165) is 42.2 Å². The van der Waals surface area contributed by atoms with Gasteiger partial charge in [0.2, 0.25) is 5.91 Å². The highest BCUT2D eigenvalue weighted by Gasteiger charge is 2.33. The lowest BCUT2D eigenvalue weighted by Crippen LogP contribution is -2.44. The minimum absolute atomic E-state index is 0.200. The Bertz CT molecular complexity index is 731. The molecule has 0 saturated carbocycles. The van der Waals surface area contributed by atoms with Crippen molar-refractivity contribution in [3.63, 3.8) is 0 Å². The van der Waals surface area contributed by atoms with Gasteiger partial charge in [0.05, 0.1) is 5.69 Å². The van der Waals surface area contributed by atoms with Gasteiger partial charge < -0.3 is 4.90 Å². The third-order valence-electron chi connectivity index (χ3n) is 4.41. The molecule has 2 aromatic rings. The molecule has 6 nitrogen and oxygen atoms in total. The van der Waals surface area contributed by atoms with Crippen molar-refractivity contribution in [2.24, 2.45) is 5.41 Å². The van der Waals surface area contributed by atoms with E-state index in [-0.39, 0.29) is 17.2 Å². The molecule has 2 aromatic heterocycles. The third kappa shape index (κ3) is 3.32. The Labute approximate surface area is 142 Å². The number of nitrogens with zero attached hydrogens (tertiary/aromatic N) is 4. The molecule has 1 saturated heterocycles. The monoisotopic (exact) mass is 327 g/mol. The fraction of sp³-hybridized carbons (Fsp3) is 0.556. The standard InChI is InChI=1S/C18H25N5O/c1-12-10-14(22-21-12)16-15(19-7-8-20-16)13-6-5-9-23(11-13)17(24)18(2,3)4/h7-8,10,13H,5-6,9,11H2,1-4H3,(H,21,22)/t13-/m1/s1. The summed E-state index contributed by atoms with van der Waals surface area (Å²) in [6, 6.07) is 1.98. The number of nitrogens with one attached hydrogen (secondary N) is 1. The minimum atomic E-state index is -0.355. The van der Waals surface area contributed by atoms with Gasteiger partial charge in [0.1, 0.15) is 11.4 Å². The average molecular weight is 327 g/mol. The van der Waals surface area contributed by atoms with E-state index in [1.54, 1.807) is 12.4 Å². The number of rotatable bonds is 2. The highest BCUT2D eigenvalue weighted by Crippen LogP contribution is 2.32. The Balaban J connectivity index is 1.88. The van der Waals surface area contributed by atoms with Gasteiger partial charge in [0.15, 0.2) is 0 Å². The Kier molecular flexibility index (Phi) is 4.39. The summed E-state index contributed by atoms with van der Waals surface area (Å²) in [5.74, 6) is 0.402. The lowest BCUT2D eigenvalue weighted by atomic mass is 9.89. The van der Waals surface area contributed by atoms with Crippen LogP contribution in [0.25, 0.3) is 11.4 Å². The largest absolute Gasteiger partial charge is 0.342 e. The second-order valence-corrected chi connectivity index (χ2v) is 7.57. The van der Waals surface area contributed by atoms with Crippen molar-refractivity contribution in [3.05, 3.63) is 29.8 Å². The van der Waals surface area contributed by atoms with E-state index in [2.05, 4.69) is 20.2 Å². The van der Waals surface area contributed by atoms with Gasteiger partial charge in [0.25, 0.3) is 0 Å². The lowest BCUT2D eigenvalue weighted by molar-refractivity contribution is -0.140.